The predicted molar refractivity (Wildman–Crippen MR) is 88.2 cm³/mol. The summed E-state index contributed by atoms with van der Waals surface area (Å²) < 4.78 is 10.3. The molecule has 0 unspecified atom stereocenters. The summed E-state index contributed by atoms with van der Waals surface area (Å²) in [5.74, 6) is 0.993. The molecule has 0 radical (unpaired) electrons. The molecule has 23 heavy (non-hydrogen) atoms. The van der Waals surface area contributed by atoms with Crippen molar-refractivity contribution in [2.45, 2.75) is 5.16 Å². The zero-order chi connectivity index (χ0) is 16.8. The number of nitrogens with two attached hydrogens (primary N) is 1. The second-order valence-corrected chi connectivity index (χ2v) is 5.34. The summed E-state index contributed by atoms with van der Waals surface area (Å²) in [6.45, 7) is 0. The Hall–Kier alpha value is -2.68. The lowest BCUT2D eigenvalue weighted by atomic mass is 10.2. The van der Waals surface area contributed by atoms with Crippen molar-refractivity contribution in [3.63, 3.8) is 0 Å². The number of rotatable bonds is 6. The van der Waals surface area contributed by atoms with Crippen molar-refractivity contribution in [1.29, 1.82) is 0 Å². The van der Waals surface area contributed by atoms with E-state index < -0.39 is 0 Å². The van der Waals surface area contributed by atoms with Gasteiger partial charge in [0.05, 0.1) is 25.7 Å². The highest BCUT2D eigenvalue weighted by Gasteiger charge is 2.10. The van der Waals surface area contributed by atoms with Crippen LogP contribution in [0.1, 0.15) is 0 Å². The lowest BCUT2D eigenvalue weighted by molar-refractivity contribution is -0.113. The average molecular weight is 336 g/mol. The summed E-state index contributed by atoms with van der Waals surface area (Å²) in [7, 11) is 3.05. The Morgan fingerprint density at radius 2 is 2.13 bits per heavy atom. The van der Waals surface area contributed by atoms with Gasteiger partial charge in [-0.1, -0.05) is 11.8 Å². The first-order valence-corrected chi connectivity index (χ1v) is 7.52. The second kappa shape index (κ2) is 7.54. The van der Waals surface area contributed by atoms with Crippen molar-refractivity contribution in [2.75, 3.05) is 31.0 Å². The summed E-state index contributed by atoms with van der Waals surface area (Å²) in [6.07, 6.45) is 0. The standard InChI is InChI=1S/C14H16N4O4S/c1-21-8-3-4-9(10(5-8)22-2)16-13(20)7-23-14-17-11(15)6-12(19)18-14/h3-6H,7H2,1-2H3,(H,16,20)(H3,15,17,18,19). The van der Waals surface area contributed by atoms with Crippen LogP contribution in [0.15, 0.2) is 34.2 Å². The number of anilines is 2. The number of methoxy groups -OCH3 is 2. The zero-order valence-electron chi connectivity index (χ0n) is 12.6. The van der Waals surface area contributed by atoms with Gasteiger partial charge in [0.15, 0.2) is 5.16 Å². The van der Waals surface area contributed by atoms with Crippen LogP contribution in [0.25, 0.3) is 0 Å². The fourth-order valence-electron chi connectivity index (χ4n) is 1.74. The minimum atomic E-state index is -0.364. The first-order chi connectivity index (χ1) is 11.0. The molecular weight excluding hydrogens is 320 g/mol. The predicted octanol–water partition coefficient (Wildman–Crippen LogP) is 1.10. The SMILES string of the molecule is COc1ccc(NC(=O)CSc2nc(N)cc(=O)[nH]2)c(OC)c1. The van der Waals surface area contributed by atoms with Crippen LogP contribution in [0, 0.1) is 0 Å². The van der Waals surface area contributed by atoms with E-state index in [0.717, 1.165) is 11.8 Å². The molecule has 1 heterocycles. The van der Waals surface area contributed by atoms with Crippen LogP contribution in [-0.4, -0.2) is 35.8 Å². The number of hydrogen-bond acceptors (Lipinski definition) is 7. The van der Waals surface area contributed by atoms with Gasteiger partial charge in [-0.05, 0) is 12.1 Å². The maximum absolute atomic E-state index is 12.0. The van der Waals surface area contributed by atoms with Crippen LogP contribution in [-0.2, 0) is 4.79 Å². The molecule has 0 aliphatic heterocycles. The fourth-order valence-corrected chi connectivity index (χ4v) is 2.43. The monoisotopic (exact) mass is 336 g/mol. The molecule has 2 rings (SSSR count). The van der Waals surface area contributed by atoms with Crippen LogP contribution >= 0.6 is 11.8 Å². The van der Waals surface area contributed by atoms with E-state index >= 15 is 0 Å². The zero-order valence-corrected chi connectivity index (χ0v) is 13.4. The Kier molecular flexibility index (Phi) is 5.47. The van der Waals surface area contributed by atoms with Crippen molar-refractivity contribution in [2.24, 2.45) is 0 Å². The maximum Gasteiger partial charge on any atom is 0.253 e. The number of nitrogens with one attached hydrogen (secondary N) is 2. The van der Waals surface area contributed by atoms with Crippen LogP contribution in [0.4, 0.5) is 11.5 Å². The Morgan fingerprint density at radius 3 is 2.78 bits per heavy atom. The Morgan fingerprint density at radius 1 is 1.35 bits per heavy atom. The fraction of sp³-hybridized carbons (Fsp3) is 0.214. The number of hydrogen-bond donors (Lipinski definition) is 3. The number of benzene rings is 1. The number of aromatic amines is 1. The summed E-state index contributed by atoms with van der Waals surface area (Å²) in [5.41, 5.74) is 5.64. The van der Waals surface area contributed by atoms with Crippen molar-refractivity contribution in [1.82, 2.24) is 9.97 Å². The summed E-state index contributed by atoms with van der Waals surface area (Å²) in [6, 6.07) is 6.23. The highest BCUT2D eigenvalue weighted by atomic mass is 32.2. The van der Waals surface area contributed by atoms with Gasteiger partial charge in [-0.15, -0.1) is 0 Å². The molecule has 4 N–H and O–H groups in total. The number of carbonyl (C=O) groups excluding carboxylic acids is 1. The number of amides is 1. The molecule has 0 aliphatic carbocycles. The normalized spacial score (nSPS) is 10.2. The Labute approximate surface area is 136 Å². The quantitative estimate of drug-likeness (QED) is 0.534. The molecule has 0 atom stereocenters. The van der Waals surface area contributed by atoms with Crippen LogP contribution < -0.4 is 26.1 Å². The van der Waals surface area contributed by atoms with E-state index in [0.29, 0.717) is 17.2 Å². The van der Waals surface area contributed by atoms with E-state index in [-0.39, 0.29) is 28.2 Å². The molecule has 1 aromatic carbocycles. The first-order valence-electron chi connectivity index (χ1n) is 6.53. The average Bonchev–Trinajstić information content (AvgIpc) is 2.52. The van der Waals surface area contributed by atoms with E-state index in [2.05, 4.69) is 15.3 Å². The van der Waals surface area contributed by atoms with Gasteiger partial charge >= 0.3 is 0 Å². The summed E-state index contributed by atoms with van der Waals surface area (Å²) in [4.78, 5) is 29.7. The third-order valence-corrected chi connectivity index (χ3v) is 3.64. The topological polar surface area (TPSA) is 119 Å². The summed E-state index contributed by atoms with van der Waals surface area (Å²) >= 11 is 1.07. The number of thioether (sulfide) groups is 1. The number of ether oxygens (including phenoxy) is 2. The van der Waals surface area contributed by atoms with Gasteiger partial charge in [0.2, 0.25) is 5.91 Å². The van der Waals surface area contributed by atoms with Gasteiger partial charge in [0.25, 0.3) is 5.56 Å². The minimum Gasteiger partial charge on any atom is -0.497 e. The molecule has 2 aromatic rings. The molecule has 0 fully saturated rings. The molecular formula is C14H16N4O4S. The molecule has 122 valence electrons. The molecule has 0 bridgehead atoms. The molecule has 8 nitrogen and oxygen atoms in total. The maximum atomic E-state index is 12.0. The molecule has 0 saturated carbocycles. The van der Waals surface area contributed by atoms with Gasteiger partial charge in [0, 0.05) is 12.1 Å². The Balaban J connectivity index is 2.01. The molecule has 9 heteroatoms. The van der Waals surface area contributed by atoms with Gasteiger partial charge in [-0.2, -0.15) is 0 Å². The van der Waals surface area contributed by atoms with E-state index in [4.69, 9.17) is 15.2 Å². The van der Waals surface area contributed by atoms with Gasteiger partial charge in [0.1, 0.15) is 17.3 Å². The number of nitrogen functional groups attached to an aromatic ring is 1. The van der Waals surface area contributed by atoms with Gasteiger partial charge < -0.3 is 25.5 Å². The molecule has 0 saturated heterocycles. The number of carbonyl (C=O) groups is 1. The van der Waals surface area contributed by atoms with E-state index in [1.165, 1.54) is 13.2 Å². The van der Waals surface area contributed by atoms with Crippen molar-refractivity contribution >= 4 is 29.2 Å². The second-order valence-electron chi connectivity index (χ2n) is 4.38. The number of aromatic nitrogens is 2. The van der Waals surface area contributed by atoms with Crippen molar-refractivity contribution < 1.29 is 14.3 Å². The first kappa shape index (κ1) is 16.7. The molecule has 1 aromatic heterocycles. The Bertz CT molecular complexity index is 763. The van der Waals surface area contributed by atoms with E-state index in [1.54, 1.807) is 25.3 Å². The highest BCUT2D eigenvalue weighted by Crippen LogP contribution is 2.29. The molecule has 1 amide bonds. The molecule has 0 aliphatic rings. The highest BCUT2D eigenvalue weighted by molar-refractivity contribution is 7.99. The number of nitrogens with zero attached hydrogens (tertiary/aromatic N) is 1. The third kappa shape index (κ3) is 4.65. The minimum absolute atomic E-state index is 0.0571. The lowest BCUT2D eigenvalue weighted by Gasteiger charge is -2.11. The lowest BCUT2D eigenvalue weighted by Crippen LogP contribution is -2.16. The van der Waals surface area contributed by atoms with Gasteiger partial charge in [-0.25, -0.2) is 4.98 Å². The smallest absolute Gasteiger partial charge is 0.253 e. The van der Waals surface area contributed by atoms with Gasteiger partial charge in [-0.3, -0.25) is 9.59 Å². The van der Waals surface area contributed by atoms with E-state index in [1.807, 2.05) is 0 Å². The van der Waals surface area contributed by atoms with Crippen LogP contribution in [0.5, 0.6) is 11.5 Å². The van der Waals surface area contributed by atoms with Crippen LogP contribution in [0.3, 0.4) is 0 Å². The largest absolute Gasteiger partial charge is 0.497 e. The third-order valence-electron chi connectivity index (χ3n) is 2.76. The summed E-state index contributed by atoms with van der Waals surface area (Å²) in [5, 5.41) is 3.00. The van der Waals surface area contributed by atoms with Crippen molar-refractivity contribution in [3.8, 4) is 11.5 Å². The van der Waals surface area contributed by atoms with E-state index in [9.17, 15) is 9.59 Å². The van der Waals surface area contributed by atoms with Crippen molar-refractivity contribution in [3.05, 3.63) is 34.6 Å². The number of H-pyrrole nitrogens is 1. The molecule has 0 spiro atoms. The van der Waals surface area contributed by atoms with Crippen LogP contribution in [0.2, 0.25) is 0 Å².